The molecule has 6 heteroatoms. The standard InChI is InChI=1S/C13H12ClN3O2/c14-12-10(5-15-16-13(12)19)17-6-8-3-1-2-4-9(8)11(17)7-18/h1-5,11,18H,6-7H2,(H,16,19). The summed E-state index contributed by atoms with van der Waals surface area (Å²) in [6, 6.07) is 7.67. The van der Waals surface area contributed by atoms with Gasteiger partial charge in [0, 0.05) is 6.54 Å². The second-order valence-electron chi connectivity index (χ2n) is 4.42. The molecule has 0 radical (unpaired) electrons. The molecule has 0 amide bonds. The Bertz CT molecular complexity index is 671. The number of aliphatic hydroxyl groups excluding tert-OH is 1. The van der Waals surface area contributed by atoms with Crippen molar-refractivity contribution >= 4 is 17.3 Å². The molecule has 1 atom stereocenters. The van der Waals surface area contributed by atoms with Crippen molar-refractivity contribution in [3.8, 4) is 0 Å². The van der Waals surface area contributed by atoms with E-state index in [9.17, 15) is 9.90 Å². The lowest BCUT2D eigenvalue weighted by Gasteiger charge is -2.25. The van der Waals surface area contributed by atoms with Crippen LogP contribution in [0.4, 0.5) is 5.69 Å². The number of aliphatic hydroxyl groups is 1. The molecule has 0 bridgehead atoms. The first-order chi connectivity index (χ1) is 9.22. The van der Waals surface area contributed by atoms with Crippen LogP contribution in [0.2, 0.25) is 5.02 Å². The second-order valence-corrected chi connectivity index (χ2v) is 4.80. The van der Waals surface area contributed by atoms with Crippen molar-refractivity contribution in [2.24, 2.45) is 0 Å². The molecule has 98 valence electrons. The third kappa shape index (κ3) is 1.91. The Morgan fingerprint density at radius 1 is 1.47 bits per heavy atom. The fourth-order valence-electron chi connectivity index (χ4n) is 2.49. The lowest BCUT2D eigenvalue weighted by atomic mass is 10.1. The van der Waals surface area contributed by atoms with Crippen molar-refractivity contribution in [2.45, 2.75) is 12.6 Å². The van der Waals surface area contributed by atoms with Gasteiger partial charge in [-0.15, -0.1) is 0 Å². The number of rotatable bonds is 2. The number of aromatic amines is 1. The van der Waals surface area contributed by atoms with Crippen LogP contribution in [0.3, 0.4) is 0 Å². The van der Waals surface area contributed by atoms with Crippen molar-refractivity contribution in [3.63, 3.8) is 0 Å². The van der Waals surface area contributed by atoms with E-state index in [0.29, 0.717) is 12.2 Å². The van der Waals surface area contributed by atoms with Gasteiger partial charge in [0.2, 0.25) is 0 Å². The van der Waals surface area contributed by atoms with Crippen LogP contribution in [0, 0.1) is 0 Å². The van der Waals surface area contributed by atoms with Gasteiger partial charge in [0.25, 0.3) is 5.56 Å². The smallest absolute Gasteiger partial charge is 0.285 e. The zero-order chi connectivity index (χ0) is 13.4. The zero-order valence-corrected chi connectivity index (χ0v) is 10.8. The normalized spacial score (nSPS) is 17.6. The van der Waals surface area contributed by atoms with E-state index in [1.807, 2.05) is 29.2 Å². The molecule has 5 nitrogen and oxygen atoms in total. The Hall–Kier alpha value is -1.85. The number of H-pyrrole nitrogens is 1. The lowest BCUT2D eigenvalue weighted by molar-refractivity contribution is 0.265. The van der Waals surface area contributed by atoms with Gasteiger partial charge in [-0.2, -0.15) is 5.10 Å². The molecule has 2 heterocycles. The zero-order valence-electron chi connectivity index (χ0n) is 10.0. The first kappa shape index (κ1) is 12.2. The molecule has 0 saturated carbocycles. The predicted octanol–water partition coefficient (Wildman–Crippen LogP) is 1.48. The van der Waals surface area contributed by atoms with Gasteiger partial charge in [-0.25, -0.2) is 5.10 Å². The summed E-state index contributed by atoms with van der Waals surface area (Å²) in [5.41, 5.74) is 2.30. The van der Waals surface area contributed by atoms with Crippen LogP contribution in [-0.2, 0) is 6.54 Å². The number of fused-ring (bicyclic) bond motifs is 1. The van der Waals surface area contributed by atoms with Gasteiger partial charge in [-0.1, -0.05) is 35.9 Å². The van der Waals surface area contributed by atoms with Crippen LogP contribution in [0.25, 0.3) is 0 Å². The highest BCUT2D eigenvalue weighted by molar-refractivity contribution is 6.33. The minimum Gasteiger partial charge on any atom is -0.394 e. The van der Waals surface area contributed by atoms with Crippen molar-refractivity contribution in [1.82, 2.24) is 10.2 Å². The second kappa shape index (κ2) is 4.68. The summed E-state index contributed by atoms with van der Waals surface area (Å²) in [6.07, 6.45) is 1.51. The minimum absolute atomic E-state index is 0.0415. The van der Waals surface area contributed by atoms with Gasteiger partial charge in [-0.05, 0) is 11.1 Å². The van der Waals surface area contributed by atoms with Crippen LogP contribution in [0.1, 0.15) is 17.2 Å². The molecule has 1 aromatic carbocycles. The predicted molar refractivity (Wildman–Crippen MR) is 72.3 cm³/mol. The van der Waals surface area contributed by atoms with E-state index in [1.54, 1.807) is 0 Å². The highest BCUT2D eigenvalue weighted by Gasteiger charge is 2.31. The van der Waals surface area contributed by atoms with E-state index in [0.717, 1.165) is 11.1 Å². The molecule has 1 unspecified atom stereocenters. The molecule has 0 spiro atoms. The van der Waals surface area contributed by atoms with Gasteiger partial charge in [0.05, 0.1) is 24.5 Å². The summed E-state index contributed by atoms with van der Waals surface area (Å²) in [5, 5.41) is 15.8. The summed E-state index contributed by atoms with van der Waals surface area (Å²) < 4.78 is 0. The number of aromatic nitrogens is 2. The number of hydrogen-bond donors (Lipinski definition) is 2. The summed E-state index contributed by atoms with van der Waals surface area (Å²) in [4.78, 5) is 13.4. The Kier molecular flexibility index (Phi) is 3.00. The Labute approximate surface area is 114 Å². The number of hydrogen-bond acceptors (Lipinski definition) is 4. The summed E-state index contributed by atoms with van der Waals surface area (Å²) in [5.74, 6) is 0. The minimum atomic E-state index is -0.424. The number of nitrogens with one attached hydrogen (secondary N) is 1. The van der Waals surface area contributed by atoms with Crippen molar-refractivity contribution < 1.29 is 5.11 Å². The summed E-state index contributed by atoms with van der Waals surface area (Å²) in [6.45, 7) is 0.562. The topological polar surface area (TPSA) is 69.2 Å². The van der Waals surface area contributed by atoms with E-state index in [4.69, 9.17) is 11.6 Å². The molecule has 1 aromatic heterocycles. The summed E-state index contributed by atoms with van der Waals surface area (Å²) >= 11 is 6.03. The van der Waals surface area contributed by atoms with Crippen LogP contribution >= 0.6 is 11.6 Å². The highest BCUT2D eigenvalue weighted by Crippen LogP contribution is 2.38. The third-order valence-electron chi connectivity index (χ3n) is 3.39. The number of benzene rings is 1. The SMILES string of the molecule is O=c1[nH]ncc(N2Cc3ccccc3C2CO)c1Cl. The first-order valence-electron chi connectivity index (χ1n) is 5.91. The molecule has 0 aliphatic carbocycles. The monoisotopic (exact) mass is 277 g/mol. The summed E-state index contributed by atoms with van der Waals surface area (Å²) in [7, 11) is 0. The molecule has 1 aliphatic heterocycles. The maximum atomic E-state index is 11.5. The number of halogens is 1. The maximum absolute atomic E-state index is 11.5. The van der Waals surface area contributed by atoms with Crippen LogP contribution in [-0.4, -0.2) is 21.9 Å². The van der Waals surface area contributed by atoms with Crippen LogP contribution in [0.5, 0.6) is 0 Å². The molecule has 2 aromatic rings. The van der Waals surface area contributed by atoms with Crippen molar-refractivity contribution in [2.75, 3.05) is 11.5 Å². The van der Waals surface area contributed by atoms with Crippen LogP contribution < -0.4 is 10.5 Å². The Morgan fingerprint density at radius 2 is 2.26 bits per heavy atom. The number of anilines is 1. The fraction of sp³-hybridized carbons (Fsp3) is 0.231. The average molecular weight is 278 g/mol. The van der Waals surface area contributed by atoms with Gasteiger partial charge < -0.3 is 10.0 Å². The van der Waals surface area contributed by atoms with E-state index in [-0.39, 0.29) is 17.7 Å². The number of nitrogens with zero attached hydrogens (tertiary/aromatic N) is 2. The van der Waals surface area contributed by atoms with E-state index in [2.05, 4.69) is 10.2 Å². The Balaban J connectivity index is 2.08. The quantitative estimate of drug-likeness (QED) is 0.872. The largest absolute Gasteiger partial charge is 0.394 e. The first-order valence-corrected chi connectivity index (χ1v) is 6.28. The maximum Gasteiger partial charge on any atom is 0.285 e. The van der Waals surface area contributed by atoms with Gasteiger partial charge >= 0.3 is 0 Å². The molecule has 0 fully saturated rings. The lowest BCUT2D eigenvalue weighted by Crippen LogP contribution is -2.26. The molecular weight excluding hydrogens is 266 g/mol. The molecule has 19 heavy (non-hydrogen) atoms. The molecule has 3 rings (SSSR count). The third-order valence-corrected chi connectivity index (χ3v) is 3.76. The van der Waals surface area contributed by atoms with E-state index >= 15 is 0 Å². The molecular formula is C13H12ClN3O2. The van der Waals surface area contributed by atoms with E-state index < -0.39 is 5.56 Å². The molecule has 1 aliphatic rings. The highest BCUT2D eigenvalue weighted by atomic mass is 35.5. The average Bonchev–Trinajstić information content (AvgIpc) is 2.80. The van der Waals surface area contributed by atoms with Gasteiger partial charge in [-0.3, -0.25) is 4.79 Å². The van der Waals surface area contributed by atoms with Gasteiger partial charge in [0.1, 0.15) is 5.02 Å². The van der Waals surface area contributed by atoms with Crippen molar-refractivity contribution in [3.05, 3.63) is 57.0 Å². The van der Waals surface area contributed by atoms with E-state index in [1.165, 1.54) is 6.20 Å². The van der Waals surface area contributed by atoms with Gasteiger partial charge in [0.15, 0.2) is 0 Å². The van der Waals surface area contributed by atoms with Crippen molar-refractivity contribution in [1.29, 1.82) is 0 Å². The molecule has 0 saturated heterocycles. The van der Waals surface area contributed by atoms with Crippen LogP contribution in [0.15, 0.2) is 35.3 Å². The fourth-order valence-corrected chi connectivity index (χ4v) is 2.69. The molecule has 2 N–H and O–H groups in total. The Morgan fingerprint density at radius 3 is 3.05 bits per heavy atom.